The van der Waals surface area contributed by atoms with Crippen LogP contribution in [0.2, 0.25) is 0 Å². The number of hydrogen-bond acceptors (Lipinski definition) is 3. The van der Waals surface area contributed by atoms with Gasteiger partial charge in [0.1, 0.15) is 0 Å². The summed E-state index contributed by atoms with van der Waals surface area (Å²) in [5.41, 5.74) is 2.35. The predicted octanol–water partition coefficient (Wildman–Crippen LogP) is 0.0854. The Morgan fingerprint density at radius 1 is 1.50 bits per heavy atom. The van der Waals surface area contributed by atoms with Gasteiger partial charge in [0.05, 0.1) is 7.11 Å². The molecule has 0 bridgehead atoms. The first-order valence-electron chi connectivity index (χ1n) is 3.88. The zero-order valence-corrected chi connectivity index (χ0v) is 7.95. The number of hydroxylamine groups is 1. The lowest BCUT2D eigenvalue weighted by molar-refractivity contribution is -0.136. The second-order valence-electron chi connectivity index (χ2n) is 2.69. The Labute approximate surface area is 78.4 Å². The van der Waals surface area contributed by atoms with E-state index >= 15 is 0 Å². The molecule has 1 heterocycles. The van der Waals surface area contributed by atoms with E-state index in [4.69, 9.17) is 0 Å². The lowest BCUT2D eigenvalue weighted by atomic mass is 9.98. The zero-order chi connectivity index (χ0) is 8.10. The van der Waals surface area contributed by atoms with E-state index < -0.39 is 0 Å². The normalized spacial score (nSPS) is 18.1. The molecular weight excluding hydrogens is 180 g/mol. The fourth-order valence-corrected chi connectivity index (χ4v) is 1.27. The van der Waals surface area contributed by atoms with E-state index in [1.165, 1.54) is 7.11 Å². The second-order valence-corrected chi connectivity index (χ2v) is 2.69. The van der Waals surface area contributed by atoms with Crippen molar-refractivity contribution < 1.29 is 9.63 Å². The van der Waals surface area contributed by atoms with Crippen molar-refractivity contribution in [3.63, 3.8) is 0 Å². The first-order chi connectivity index (χ1) is 5.34. The predicted molar refractivity (Wildman–Crippen MR) is 48.0 cm³/mol. The third-order valence-electron chi connectivity index (χ3n) is 1.91. The largest absolute Gasteiger partial charge is 0.317 e. The Morgan fingerprint density at radius 3 is 2.58 bits per heavy atom. The molecule has 4 nitrogen and oxygen atoms in total. The number of rotatable bonds is 2. The summed E-state index contributed by atoms with van der Waals surface area (Å²) in [5.74, 6) is 0.144. The lowest BCUT2D eigenvalue weighted by Gasteiger charge is -2.20. The standard InChI is InChI=1S/C7H14N2O2.ClH/c1-11-9-7(10)6-2-4-8-5-3-6;/h6,8H,2-5H2,1H3,(H,9,10);1H. The Morgan fingerprint density at radius 2 is 2.08 bits per heavy atom. The number of carbonyl (C=O) groups is 1. The molecule has 1 aliphatic rings. The topological polar surface area (TPSA) is 50.4 Å². The van der Waals surface area contributed by atoms with Gasteiger partial charge in [-0.2, -0.15) is 0 Å². The van der Waals surface area contributed by atoms with Gasteiger partial charge >= 0.3 is 0 Å². The molecule has 0 radical (unpaired) electrons. The van der Waals surface area contributed by atoms with Crippen LogP contribution in [0.15, 0.2) is 0 Å². The molecular formula is C7H15ClN2O2. The zero-order valence-electron chi connectivity index (χ0n) is 7.13. The monoisotopic (exact) mass is 194 g/mol. The number of piperidine rings is 1. The molecule has 5 heteroatoms. The molecule has 1 rings (SSSR count). The number of amides is 1. The van der Waals surface area contributed by atoms with Crippen LogP contribution in [0, 0.1) is 5.92 Å². The Bertz CT molecular complexity index is 137. The minimum absolute atomic E-state index is 0. The lowest BCUT2D eigenvalue weighted by Crippen LogP contribution is -2.37. The summed E-state index contributed by atoms with van der Waals surface area (Å²) in [6.07, 6.45) is 1.82. The van der Waals surface area contributed by atoms with E-state index in [2.05, 4.69) is 15.6 Å². The average Bonchev–Trinajstić information content (AvgIpc) is 2.07. The van der Waals surface area contributed by atoms with Crippen molar-refractivity contribution in [2.75, 3.05) is 20.2 Å². The molecule has 1 fully saturated rings. The van der Waals surface area contributed by atoms with Crippen LogP contribution < -0.4 is 10.8 Å². The van der Waals surface area contributed by atoms with Crippen LogP contribution in [0.5, 0.6) is 0 Å². The molecule has 72 valence electrons. The molecule has 2 N–H and O–H groups in total. The average molecular weight is 195 g/mol. The molecule has 0 saturated carbocycles. The molecule has 0 aromatic carbocycles. The van der Waals surface area contributed by atoms with Crippen LogP contribution in [-0.2, 0) is 9.63 Å². The SMILES string of the molecule is CONC(=O)C1CCNCC1.Cl. The number of halogens is 1. The summed E-state index contributed by atoms with van der Waals surface area (Å²) in [6, 6.07) is 0. The Kier molecular flexibility index (Phi) is 6.06. The van der Waals surface area contributed by atoms with Crippen LogP contribution in [0.4, 0.5) is 0 Å². The van der Waals surface area contributed by atoms with Crippen LogP contribution in [0.25, 0.3) is 0 Å². The molecule has 0 aromatic heterocycles. The first-order valence-corrected chi connectivity index (χ1v) is 3.88. The highest BCUT2D eigenvalue weighted by Gasteiger charge is 2.20. The minimum Gasteiger partial charge on any atom is -0.317 e. The summed E-state index contributed by atoms with van der Waals surface area (Å²) in [7, 11) is 1.46. The smallest absolute Gasteiger partial charge is 0.246 e. The molecule has 0 aromatic rings. The van der Waals surface area contributed by atoms with Gasteiger partial charge in [-0.15, -0.1) is 12.4 Å². The van der Waals surface area contributed by atoms with Crippen molar-refractivity contribution in [1.82, 2.24) is 10.8 Å². The molecule has 0 aliphatic carbocycles. The highest BCUT2D eigenvalue weighted by molar-refractivity contribution is 5.85. The van der Waals surface area contributed by atoms with Gasteiger partial charge in [0.2, 0.25) is 5.91 Å². The summed E-state index contributed by atoms with van der Waals surface area (Å²) in [5, 5.41) is 3.19. The van der Waals surface area contributed by atoms with Gasteiger partial charge in [0, 0.05) is 5.92 Å². The number of carbonyl (C=O) groups excluding carboxylic acids is 1. The van der Waals surface area contributed by atoms with E-state index in [0.717, 1.165) is 25.9 Å². The fourth-order valence-electron chi connectivity index (χ4n) is 1.27. The van der Waals surface area contributed by atoms with Crippen molar-refractivity contribution in [2.24, 2.45) is 5.92 Å². The summed E-state index contributed by atoms with van der Waals surface area (Å²) in [6.45, 7) is 1.86. The highest BCUT2D eigenvalue weighted by atomic mass is 35.5. The van der Waals surface area contributed by atoms with Gasteiger partial charge in [-0.05, 0) is 25.9 Å². The van der Waals surface area contributed by atoms with Crippen molar-refractivity contribution in [2.45, 2.75) is 12.8 Å². The Hall–Kier alpha value is -0.320. The van der Waals surface area contributed by atoms with Gasteiger partial charge in [-0.3, -0.25) is 9.63 Å². The van der Waals surface area contributed by atoms with E-state index in [0.29, 0.717) is 0 Å². The minimum atomic E-state index is 0. The van der Waals surface area contributed by atoms with Crippen molar-refractivity contribution in [1.29, 1.82) is 0 Å². The van der Waals surface area contributed by atoms with E-state index in [-0.39, 0.29) is 24.2 Å². The van der Waals surface area contributed by atoms with Crippen molar-refractivity contribution in [3.8, 4) is 0 Å². The summed E-state index contributed by atoms with van der Waals surface area (Å²) in [4.78, 5) is 15.7. The van der Waals surface area contributed by atoms with Gasteiger partial charge < -0.3 is 5.32 Å². The molecule has 1 amide bonds. The molecule has 0 unspecified atom stereocenters. The Balaban J connectivity index is 0.00000121. The van der Waals surface area contributed by atoms with Gasteiger partial charge in [0.25, 0.3) is 0 Å². The molecule has 1 aliphatic heterocycles. The van der Waals surface area contributed by atoms with Gasteiger partial charge in [0.15, 0.2) is 0 Å². The summed E-state index contributed by atoms with van der Waals surface area (Å²) >= 11 is 0. The number of hydrogen-bond donors (Lipinski definition) is 2. The maximum atomic E-state index is 11.1. The fraction of sp³-hybridized carbons (Fsp3) is 0.857. The van der Waals surface area contributed by atoms with E-state index in [1.54, 1.807) is 0 Å². The second kappa shape index (κ2) is 6.22. The first kappa shape index (κ1) is 11.7. The van der Waals surface area contributed by atoms with Gasteiger partial charge in [-0.1, -0.05) is 0 Å². The molecule has 1 saturated heterocycles. The maximum Gasteiger partial charge on any atom is 0.246 e. The van der Waals surface area contributed by atoms with Crippen LogP contribution in [0.3, 0.4) is 0 Å². The molecule has 0 atom stereocenters. The number of nitrogens with one attached hydrogen (secondary N) is 2. The van der Waals surface area contributed by atoms with Crippen molar-refractivity contribution >= 4 is 18.3 Å². The van der Waals surface area contributed by atoms with Crippen LogP contribution in [-0.4, -0.2) is 26.1 Å². The van der Waals surface area contributed by atoms with E-state index in [1.807, 2.05) is 0 Å². The van der Waals surface area contributed by atoms with Crippen LogP contribution in [0.1, 0.15) is 12.8 Å². The summed E-state index contributed by atoms with van der Waals surface area (Å²) < 4.78 is 0. The molecule has 0 spiro atoms. The molecule has 12 heavy (non-hydrogen) atoms. The third-order valence-corrected chi connectivity index (χ3v) is 1.91. The maximum absolute atomic E-state index is 11.1. The van der Waals surface area contributed by atoms with Gasteiger partial charge in [-0.25, -0.2) is 5.48 Å². The van der Waals surface area contributed by atoms with E-state index in [9.17, 15) is 4.79 Å². The quantitative estimate of drug-likeness (QED) is 0.613. The van der Waals surface area contributed by atoms with Crippen LogP contribution >= 0.6 is 12.4 Å². The van der Waals surface area contributed by atoms with Crippen molar-refractivity contribution in [3.05, 3.63) is 0 Å². The highest BCUT2D eigenvalue weighted by Crippen LogP contribution is 2.10. The third kappa shape index (κ3) is 3.38.